The number of carbonyl (C=O) groups is 1. The van der Waals surface area contributed by atoms with Gasteiger partial charge >= 0.3 is 0 Å². The Hall–Kier alpha value is -2.29. The highest BCUT2D eigenvalue weighted by molar-refractivity contribution is 6.04. The molecular formula is C18H22N4O4. The van der Waals surface area contributed by atoms with E-state index in [-0.39, 0.29) is 23.7 Å². The van der Waals surface area contributed by atoms with Gasteiger partial charge in [-0.3, -0.25) is 14.5 Å². The lowest BCUT2D eigenvalue weighted by Gasteiger charge is -2.33. The predicted octanol–water partition coefficient (Wildman–Crippen LogP) is -0.168. The number of aliphatic hydroxyl groups is 1. The number of ether oxygens (including phenoxy) is 1. The number of aromatic nitrogens is 2. The number of H-pyrrole nitrogens is 1. The molecule has 1 amide bonds. The van der Waals surface area contributed by atoms with Gasteiger partial charge in [-0.25, -0.2) is 5.10 Å². The van der Waals surface area contributed by atoms with Gasteiger partial charge in [0.1, 0.15) is 0 Å². The third kappa shape index (κ3) is 3.23. The molecule has 0 saturated carbocycles. The third-order valence-electron chi connectivity index (χ3n) is 5.14. The number of benzene rings is 1. The molecule has 2 aliphatic heterocycles. The maximum Gasteiger partial charge on any atom is 0.275 e. The topological polar surface area (TPSA) is 98.8 Å². The lowest BCUT2D eigenvalue weighted by atomic mass is 10.0. The van der Waals surface area contributed by atoms with E-state index in [4.69, 9.17) is 4.74 Å². The Morgan fingerprint density at radius 2 is 1.96 bits per heavy atom. The molecule has 1 aromatic carbocycles. The molecule has 2 saturated heterocycles. The van der Waals surface area contributed by atoms with Crippen LogP contribution in [0.5, 0.6) is 0 Å². The van der Waals surface area contributed by atoms with E-state index in [1.54, 1.807) is 29.2 Å². The summed E-state index contributed by atoms with van der Waals surface area (Å²) in [6.45, 7) is 4.19. The summed E-state index contributed by atoms with van der Waals surface area (Å²) in [7, 11) is 0. The number of carbonyl (C=O) groups excluding carboxylic acids is 1. The Labute approximate surface area is 150 Å². The van der Waals surface area contributed by atoms with E-state index in [0.717, 1.165) is 13.1 Å². The summed E-state index contributed by atoms with van der Waals surface area (Å²) in [6.07, 6.45) is 0.525. The van der Waals surface area contributed by atoms with Crippen LogP contribution in [-0.4, -0.2) is 82.5 Å². The van der Waals surface area contributed by atoms with Gasteiger partial charge in [0.2, 0.25) is 0 Å². The van der Waals surface area contributed by atoms with Crippen LogP contribution in [0.3, 0.4) is 0 Å². The Morgan fingerprint density at radius 1 is 1.23 bits per heavy atom. The number of hydrogen-bond donors (Lipinski definition) is 2. The van der Waals surface area contributed by atoms with Crippen LogP contribution in [-0.2, 0) is 4.74 Å². The van der Waals surface area contributed by atoms with Gasteiger partial charge < -0.3 is 14.7 Å². The van der Waals surface area contributed by atoms with Crippen LogP contribution in [0, 0.1) is 0 Å². The van der Waals surface area contributed by atoms with Crippen LogP contribution >= 0.6 is 0 Å². The number of β-amino-alcohol motifs (C(OH)–C–C–N with tert-alkyl or cyclic N) is 1. The molecule has 0 radical (unpaired) electrons. The first-order chi connectivity index (χ1) is 12.6. The highest BCUT2D eigenvalue weighted by atomic mass is 16.5. The van der Waals surface area contributed by atoms with Gasteiger partial charge in [0.25, 0.3) is 11.5 Å². The summed E-state index contributed by atoms with van der Waals surface area (Å²) >= 11 is 0. The molecule has 3 heterocycles. The van der Waals surface area contributed by atoms with E-state index in [0.29, 0.717) is 43.5 Å². The minimum atomic E-state index is -0.926. The van der Waals surface area contributed by atoms with Gasteiger partial charge in [-0.15, -0.1) is 0 Å². The monoisotopic (exact) mass is 358 g/mol. The smallest absolute Gasteiger partial charge is 0.275 e. The van der Waals surface area contributed by atoms with Gasteiger partial charge in [-0.05, 0) is 12.5 Å². The number of nitrogens with zero attached hydrogens (tertiary/aromatic N) is 3. The average molecular weight is 358 g/mol. The maximum atomic E-state index is 12.9. The van der Waals surface area contributed by atoms with Gasteiger partial charge in [-0.1, -0.05) is 18.2 Å². The second kappa shape index (κ2) is 6.79. The number of aromatic amines is 1. The number of amides is 1. The molecule has 8 heteroatoms. The highest BCUT2D eigenvalue weighted by Gasteiger charge is 2.40. The number of hydrogen-bond acceptors (Lipinski definition) is 6. The van der Waals surface area contributed by atoms with E-state index >= 15 is 0 Å². The van der Waals surface area contributed by atoms with Crippen molar-refractivity contribution in [2.75, 3.05) is 45.9 Å². The zero-order chi connectivity index (χ0) is 18.1. The molecule has 0 unspecified atom stereocenters. The SMILES string of the molecule is O=C(c1n[nH]c(=O)c2ccccc12)N1CC[C@](O)(CN2CCOCC2)C1. The fourth-order valence-corrected chi connectivity index (χ4v) is 3.76. The van der Waals surface area contributed by atoms with E-state index in [1.165, 1.54) is 0 Å². The summed E-state index contributed by atoms with van der Waals surface area (Å²) in [5.41, 5.74) is -1.02. The highest BCUT2D eigenvalue weighted by Crippen LogP contribution is 2.25. The van der Waals surface area contributed by atoms with E-state index in [9.17, 15) is 14.7 Å². The summed E-state index contributed by atoms with van der Waals surface area (Å²) in [6, 6.07) is 6.92. The van der Waals surface area contributed by atoms with Crippen molar-refractivity contribution in [3.05, 3.63) is 40.3 Å². The Morgan fingerprint density at radius 3 is 2.73 bits per heavy atom. The molecule has 0 spiro atoms. The zero-order valence-corrected chi connectivity index (χ0v) is 14.5. The van der Waals surface area contributed by atoms with Crippen LogP contribution in [0.25, 0.3) is 10.8 Å². The van der Waals surface area contributed by atoms with Crippen molar-refractivity contribution >= 4 is 16.7 Å². The van der Waals surface area contributed by atoms with Crippen molar-refractivity contribution in [1.82, 2.24) is 20.0 Å². The molecule has 2 aromatic rings. The van der Waals surface area contributed by atoms with Crippen molar-refractivity contribution < 1.29 is 14.6 Å². The lowest BCUT2D eigenvalue weighted by Crippen LogP contribution is -2.49. The van der Waals surface area contributed by atoms with E-state index in [2.05, 4.69) is 15.1 Å². The minimum Gasteiger partial charge on any atom is -0.387 e. The molecule has 2 fully saturated rings. The first kappa shape index (κ1) is 17.1. The number of rotatable bonds is 3. The predicted molar refractivity (Wildman–Crippen MR) is 95.1 cm³/mol. The molecular weight excluding hydrogens is 336 g/mol. The summed E-state index contributed by atoms with van der Waals surface area (Å²) in [5, 5.41) is 18.3. The molecule has 26 heavy (non-hydrogen) atoms. The maximum absolute atomic E-state index is 12.9. The lowest BCUT2D eigenvalue weighted by molar-refractivity contribution is -0.0257. The van der Waals surface area contributed by atoms with E-state index in [1.807, 2.05) is 0 Å². The van der Waals surface area contributed by atoms with E-state index < -0.39 is 5.60 Å². The fraction of sp³-hybridized carbons (Fsp3) is 0.500. The molecule has 0 aliphatic carbocycles. The molecule has 138 valence electrons. The molecule has 2 aliphatic rings. The van der Waals surface area contributed by atoms with Crippen LogP contribution in [0.1, 0.15) is 16.9 Å². The van der Waals surface area contributed by atoms with Gasteiger partial charge in [0, 0.05) is 31.6 Å². The standard InChI is InChI=1S/C18H22N4O4/c23-16-14-4-2-1-3-13(14)15(19-20-16)17(24)22-6-5-18(25,12-22)11-21-7-9-26-10-8-21/h1-4,25H,5-12H2,(H,20,23)/t18-/m0/s1. The quantitative estimate of drug-likeness (QED) is 0.791. The second-order valence-corrected chi connectivity index (χ2v) is 7.04. The Kier molecular flexibility index (Phi) is 4.47. The number of fused-ring (bicyclic) bond motifs is 1. The molecule has 4 rings (SSSR count). The number of likely N-dealkylation sites (tertiary alicyclic amines) is 1. The number of nitrogens with one attached hydrogen (secondary N) is 1. The van der Waals surface area contributed by atoms with Crippen molar-refractivity contribution in [3.8, 4) is 0 Å². The molecule has 8 nitrogen and oxygen atoms in total. The van der Waals surface area contributed by atoms with Gasteiger partial charge in [0.15, 0.2) is 5.69 Å². The summed E-state index contributed by atoms with van der Waals surface area (Å²) < 4.78 is 5.34. The van der Waals surface area contributed by atoms with Crippen LogP contribution < -0.4 is 5.56 Å². The second-order valence-electron chi connectivity index (χ2n) is 7.04. The Balaban J connectivity index is 1.53. The number of morpholine rings is 1. The molecule has 2 N–H and O–H groups in total. The largest absolute Gasteiger partial charge is 0.387 e. The third-order valence-corrected chi connectivity index (χ3v) is 5.14. The normalized spacial score (nSPS) is 24.3. The first-order valence-corrected chi connectivity index (χ1v) is 8.85. The molecule has 0 bridgehead atoms. The molecule has 1 aromatic heterocycles. The minimum absolute atomic E-state index is 0.218. The average Bonchev–Trinajstić information content (AvgIpc) is 3.04. The van der Waals surface area contributed by atoms with Crippen LogP contribution in [0.2, 0.25) is 0 Å². The van der Waals surface area contributed by atoms with Gasteiger partial charge in [0.05, 0.1) is 30.7 Å². The van der Waals surface area contributed by atoms with Crippen molar-refractivity contribution in [2.24, 2.45) is 0 Å². The van der Waals surface area contributed by atoms with Crippen LogP contribution in [0.4, 0.5) is 0 Å². The van der Waals surface area contributed by atoms with Gasteiger partial charge in [-0.2, -0.15) is 5.10 Å². The molecule has 1 atom stereocenters. The van der Waals surface area contributed by atoms with Crippen LogP contribution in [0.15, 0.2) is 29.1 Å². The van der Waals surface area contributed by atoms with Crippen molar-refractivity contribution in [3.63, 3.8) is 0 Å². The zero-order valence-electron chi connectivity index (χ0n) is 14.5. The Bertz CT molecular complexity index is 877. The first-order valence-electron chi connectivity index (χ1n) is 8.85. The van der Waals surface area contributed by atoms with Crippen molar-refractivity contribution in [1.29, 1.82) is 0 Å². The summed E-state index contributed by atoms with van der Waals surface area (Å²) in [4.78, 5) is 28.6. The fourth-order valence-electron chi connectivity index (χ4n) is 3.76. The summed E-state index contributed by atoms with van der Waals surface area (Å²) in [5.74, 6) is -0.268. The van der Waals surface area contributed by atoms with Crippen molar-refractivity contribution in [2.45, 2.75) is 12.0 Å².